The molecule has 0 aliphatic heterocycles. The van der Waals surface area contributed by atoms with E-state index in [9.17, 15) is 0 Å². The zero-order chi connectivity index (χ0) is 11.6. The molecule has 1 aromatic rings. The Labute approximate surface area is 102 Å². The fourth-order valence-electron chi connectivity index (χ4n) is 1.29. The van der Waals surface area contributed by atoms with Gasteiger partial charge < -0.3 is 10.1 Å². The van der Waals surface area contributed by atoms with Gasteiger partial charge in [0.05, 0.1) is 12.3 Å². The molecule has 16 heavy (non-hydrogen) atoms. The number of ether oxygens (including phenoxy) is 1. The lowest BCUT2D eigenvalue weighted by Crippen LogP contribution is -2.13. The molecule has 3 nitrogen and oxygen atoms in total. The van der Waals surface area contributed by atoms with Gasteiger partial charge in [-0.1, -0.05) is 20.3 Å². The van der Waals surface area contributed by atoms with E-state index in [-0.39, 0.29) is 0 Å². The average Bonchev–Trinajstić information content (AvgIpc) is 2.73. The van der Waals surface area contributed by atoms with Gasteiger partial charge in [-0.05, 0) is 19.4 Å². The molecule has 0 unspecified atom stereocenters. The van der Waals surface area contributed by atoms with Gasteiger partial charge in [0.25, 0.3) is 0 Å². The van der Waals surface area contributed by atoms with Crippen molar-refractivity contribution >= 4 is 11.3 Å². The quantitative estimate of drug-likeness (QED) is 0.676. The highest BCUT2D eigenvalue weighted by atomic mass is 32.1. The third-order valence-corrected chi connectivity index (χ3v) is 3.09. The number of nitrogens with zero attached hydrogens (tertiary/aromatic N) is 1. The summed E-state index contributed by atoms with van der Waals surface area (Å²) in [6.07, 6.45) is 3.48. The molecular formula is C12H22N2OS. The zero-order valence-electron chi connectivity index (χ0n) is 10.3. The Morgan fingerprint density at radius 1 is 1.38 bits per heavy atom. The Kier molecular flexibility index (Phi) is 7.38. The van der Waals surface area contributed by atoms with Crippen molar-refractivity contribution in [1.82, 2.24) is 10.3 Å². The first-order valence-electron chi connectivity index (χ1n) is 6.08. The van der Waals surface area contributed by atoms with Crippen LogP contribution in [0.15, 0.2) is 5.38 Å². The number of nitrogens with one attached hydrogen (secondary N) is 1. The lowest BCUT2D eigenvalue weighted by Gasteiger charge is -2.00. The summed E-state index contributed by atoms with van der Waals surface area (Å²) < 4.78 is 5.52. The molecule has 0 bridgehead atoms. The first kappa shape index (κ1) is 13.6. The maximum absolute atomic E-state index is 5.52. The van der Waals surface area contributed by atoms with Crippen LogP contribution in [0.25, 0.3) is 0 Å². The molecule has 1 N–H and O–H groups in total. The van der Waals surface area contributed by atoms with Gasteiger partial charge >= 0.3 is 0 Å². The summed E-state index contributed by atoms with van der Waals surface area (Å²) in [4.78, 5) is 4.51. The van der Waals surface area contributed by atoms with Crippen molar-refractivity contribution in [3.63, 3.8) is 0 Å². The lowest BCUT2D eigenvalue weighted by molar-refractivity contribution is 0.116. The second-order valence-electron chi connectivity index (χ2n) is 3.82. The molecule has 0 atom stereocenters. The molecule has 0 aromatic carbocycles. The highest BCUT2D eigenvalue weighted by molar-refractivity contribution is 7.09. The predicted molar refractivity (Wildman–Crippen MR) is 68.7 cm³/mol. The Morgan fingerprint density at radius 3 is 3.00 bits per heavy atom. The Morgan fingerprint density at radius 2 is 2.25 bits per heavy atom. The summed E-state index contributed by atoms with van der Waals surface area (Å²) in [5.74, 6) is 0. The van der Waals surface area contributed by atoms with E-state index in [1.54, 1.807) is 11.3 Å². The van der Waals surface area contributed by atoms with Gasteiger partial charge in [-0.2, -0.15) is 0 Å². The van der Waals surface area contributed by atoms with Crippen LogP contribution in [0.2, 0.25) is 0 Å². The summed E-state index contributed by atoms with van der Waals surface area (Å²) in [6, 6.07) is 0. The van der Waals surface area contributed by atoms with Gasteiger partial charge in [-0.25, -0.2) is 4.98 Å². The molecule has 92 valence electrons. The van der Waals surface area contributed by atoms with Crippen molar-refractivity contribution in [2.24, 2.45) is 0 Å². The topological polar surface area (TPSA) is 34.1 Å². The van der Waals surface area contributed by atoms with Crippen molar-refractivity contribution < 1.29 is 4.74 Å². The minimum Gasteiger partial charge on any atom is -0.375 e. The van der Waals surface area contributed by atoms with Crippen molar-refractivity contribution in [1.29, 1.82) is 0 Å². The Hall–Kier alpha value is -0.450. The molecule has 0 amide bonds. The van der Waals surface area contributed by atoms with Gasteiger partial charge in [0.15, 0.2) is 0 Å². The Bertz CT molecular complexity index is 276. The van der Waals surface area contributed by atoms with Crippen molar-refractivity contribution in [3.8, 4) is 0 Å². The van der Waals surface area contributed by atoms with Crippen LogP contribution in [0, 0.1) is 0 Å². The first-order chi connectivity index (χ1) is 7.86. The molecule has 0 saturated carbocycles. The third kappa shape index (κ3) is 5.58. The molecule has 0 aliphatic rings. The summed E-state index contributed by atoms with van der Waals surface area (Å²) in [5, 5.41) is 6.60. The van der Waals surface area contributed by atoms with Crippen LogP contribution in [0.1, 0.15) is 43.8 Å². The van der Waals surface area contributed by atoms with Crippen LogP contribution < -0.4 is 5.32 Å². The molecule has 1 heterocycles. The van der Waals surface area contributed by atoms with Gasteiger partial charge in [-0.15, -0.1) is 11.3 Å². The van der Waals surface area contributed by atoms with E-state index >= 15 is 0 Å². The monoisotopic (exact) mass is 242 g/mol. The normalized spacial score (nSPS) is 10.9. The van der Waals surface area contributed by atoms with E-state index in [1.807, 2.05) is 0 Å². The number of hydrogen-bond donors (Lipinski definition) is 1. The Balaban J connectivity index is 2.17. The molecule has 0 spiro atoms. The third-order valence-electron chi connectivity index (χ3n) is 2.19. The van der Waals surface area contributed by atoms with Crippen LogP contribution in [-0.4, -0.2) is 18.1 Å². The van der Waals surface area contributed by atoms with Crippen molar-refractivity contribution in [3.05, 3.63) is 16.1 Å². The van der Waals surface area contributed by atoms with Gasteiger partial charge in [-0.3, -0.25) is 0 Å². The van der Waals surface area contributed by atoms with Gasteiger partial charge in [0.2, 0.25) is 0 Å². The minimum absolute atomic E-state index is 0.657. The molecule has 1 aromatic heterocycles. The van der Waals surface area contributed by atoms with E-state index in [0.29, 0.717) is 6.61 Å². The van der Waals surface area contributed by atoms with E-state index in [2.05, 4.69) is 29.5 Å². The van der Waals surface area contributed by atoms with Gasteiger partial charge in [0.1, 0.15) is 5.01 Å². The summed E-state index contributed by atoms with van der Waals surface area (Å²) >= 11 is 1.71. The minimum atomic E-state index is 0.657. The number of aromatic nitrogens is 1. The molecule has 4 heteroatoms. The van der Waals surface area contributed by atoms with E-state index < -0.39 is 0 Å². The average molecular weight is 242 g/mol. The number of unbranched alkanes of at least 4 members (excludes halogenated alkanes) is 1. The molecule has 0 saturated heterocycles. The number of thiazole rings is 1. The fraction of sp³-hybridized carbons (Fsp3) is 0.750. The zero-order valence-corrected chi connectivity index (χ0v) is 11.1. The highest BCUT2D eigenvalue weighted by Gasteiger charge is 2.01. The van der Waals surface area contributed by atoms with Crippen LogP contribution in [0.5, 0.6) is 0 Å². The second-order valence-corrected chi connectivity index (χ2v) is 4.76. The van der Waals surface area contributed by atoms with E-state index in [0.717, 1.165) is 36.8 Å². The maximum Gasteiger partial charge on any atom is 0.107 e. The highest BCUT2D eigenvalue weighted by Crippen LogP contribution is 2.10. The lowest BCUT2D eigenvalue weighted by atomic mass is 10.4. The van der Waals surface area contributed by atoms with E-state index in [4.69, 9.17) is 4.74 Å². The first-order valence-corrected chi connectivity index (χ1v) is 6.96. The second kappa shape index (κ2) is 8.67. The molecule has 0 aliphatic carbocycles. The largest absolute Gasteiger partial charge is 0.375 e. The van der Waals surface area contributed by atoms with Crippen LogP contribution in [0.4, 0.5) is 0 Å². The van der Waals surface area contributed by atoms with Gasteiger partial charge in [0, 0.05) is 18.5 Å². The fourth-order valence-corrected chi connectivity index (χ4v) is 2.04. The smallest absolute Gasteiger partial charge is 0.107 e. The number of hydrogen-bond acceptors (Lipinski definition) is 4. The summed E-state index contributed by atoms with van der Waals surface area (Å²) in [7, 11) is 0. The van der Waals surface area contributed by atoms with Crippen LogP contribution in [-0.2, 0) is 17.9 Å². The van der Waals surface area contributed by atoms with Crippen molar-refractivity contribution in [2.45, 2.75) is 46.3 Å². The van der Waals surface area contributed by atoms with Crippen LogP contribution in [0.3, 0.4) is 0 Å². The maximum atomic E-state index is 5.52. The number of rotatable bonds is 9. The summed E-state index contributed by atoms with van der Waals surface area (Å²) in [5.41, 5.74) is 1.06. The van der Waals surface area contributed by atoms with Crippen LogP contribution >= 0.6 is 11.3 Å². The molecule has 1 rings (SSSR count). The predicted octanol–water partition coefficient (Wildman–Crippen LogP) is 2.96. The summed E-state index contributed by atoms with van der Waals surface area (Å²) in [6.45, 7) is 7.78. The molecule has 0 fully saturated rings. The molecular weight excluding hydrogens is 220 g/mol. The van der Waals surface area contributed by atoms with Crippen molar-refractivity contribution in [2.75, 3.05) is 13.2 Å². The van der Waals surface area contributed by atoms with E-state index in [1.165, 1.54) is 12.8 Å². The standard InChI is InChI=1S/C12H22N2OS/c1-3-5-7-15-9-11-10-16-12(14-11)8-13-6-4-2/h10,13H,3-9H2,1-2H3. The SMILES string of the molecule is CCCCOCc1csc(CNCCC)n1. The molecule has 0 radical (unpaired) electrons.